The fourth-order valence-electron chi connectivity index (χ4n) is 1.71. The second-order valence-electron chi connectivity index (χ2n) is 4.17. The number of anilines is 1. The lowest BCUT2D eigenvalue weighted by Crippen LogP contribution is -2.21. The molecular formula is C14H22N2O3. The molecule has 0 bridgehead atoms. The maximum absolute atomic E-state index is 11.8. The van der Waals surface area contributed by atoms with Gasteiger partial charge < -0.3 is 20.1 Å². The highest BCUT2D eigenvalue weighted by atomic mass is 16.5. The van der Waals surface area contributed by atoms with Crippen LogP contribution in [0.25, 0.3) is 0 Å². The molecule has 0 aliphatic rings. The molecule has 19 heavy (non-hydrogen) atoms. The number of aryl methyl sites for hydroxylation is 1. The van der Waals surface area contributed by atoms with Crippen LogP contribution in [-0.2, 0) is 4.79 Å². The van der Waals surface area contributed by atoms with Crippen molar-refractivity contribution in [3.63, 3.8) is 0 Å². The maximum atomic E-state index is 11.8. The van der Waals surface area contributed by atoms with Crippen LogP contribution in [0.3, 0.4) is 0 Å². The summed E-state index contributed by atoms with van der Waals surface area (Å²) in [5.74, 6) is 1.25. The molecular weight excluding hydrogens is 244 g/mol. The summed E-state index contributed by atoms with van der Waals surface area (Å²) in [5.41, 5.74) is 1.69. The third-order valence-corrected chi connectivity index (χ3v) is 2.78. The van der Waals surface area contributed by atoms with Gasteiger partial charge in [-0.2, -0.15) is 0 Å². The van der Waals surface area contributed by atoms with E-state index in [-0.39, 0.29) is 5.91 Å². The summed E-state index contributed by atoms with van der Waals surface area (Å²) in [7, 11) is 3.16. The molecule has 1 rings (SSSR count). The Morgan fingerprint density at radius 2 is 1.84 bits per heavy atom. The van der Waals surface area contributed by atoms with Crippen LogP contribution in [0.2, 0.25) is 0 Å². The fourth-order valence-corrected chi connectivity index (χ4v) is 1.71. The van der Waals surface area contributed by atoms with Crippen molar-refractivity contribution >= 4 is 11.6 Å². The van der Waals surface area contributed by atoms with Crippen LogP contribution < -0.4 is 20.1 Å². The van der Waals surface area contributed by atoms with Gasteiger partial charge in [-0.1, -0.05) is 6.92 Å². The molecule has 5 nitrogen and oxygen atoms in total. The summed E-state index contributed by atoms with van der Waals surface area (Å²) in [5, 5.41) is 6.00. The van der Waals surface area contributed by atoms with E-state index in [0.29, 0.717) is 24.5 Å². The lowest BCUT2D eigenvalue weighted by Gasteiger charge is -2.13. The number of carbonyl (C=O) groups excluding carboxylic acids is 1. The van der Waals surface area contributed by atoms with Gasteiger partial charge in [-0.25, -0.2) is 0 Å². The van der Waals surface area contributed by atoms with Gasteiger partial charge in [0.25, 0.3) is 0 Å². The van der Waals surface area contributed by atoms with E-state index in [4.69, 9.17) is 9.47 Å². The number of carbonyl (C=O) groups is 1. The Balaban J connectivity index is 2.75. The van der Waals surface area contributed by atoms with Crippen LogP contribution in [0.15, 0.2) is 12.1 Å². The first-order valence-electron chi connectivity index (χ1n) is 6.35. The fraction of sp³-hybridized carbons (Fsp3) is 0.500. The summed E-state index contributed by atoms with van der Waals surface area (Å²) in [6.07, 6.45) is 0.446. The predicted molar refractivity (Wildman–Crippen MR) is 76.1 cm³/mol. The van der Waals surface area contributed by atoms with Crippen LogP contribution in [0.4, 0.5) is 5.69 Å². The molecule has 0 aliphatic carbocycles. The van der Waals surface area contributed by atoms with E-state index in [9.17, 15) is 4.79 Å². The first-order valence-corrected chi connectivity index (χ1v) is 6.35. The summed E-state index contributed by atoms with van der Waals surface area (Å²) in [4.78, 5) is 11.8. The quantitative estimate of drug-likeness (QED) is 0.741. The Bertz CT molecular complexity index is 433. The highest BCUT2D eigenvalue weighted by Gasteiger charge is 2.10. The molecule has 0 spiro atoms. The molecule has 0 aliphatic heterocycles. The van der Waals surface area contributed by atoms with Crippen LogP contribution in [0.1, 0.15) is 18.9 Å². The number of rotatable bonds is 7. The maximum Gasteiger partial charge on any atom is 0.225 e. The van der Waals surface area contributed by atoms with Gasteiger partial charge in [-0.3, -0.25) is 4.79 Å². The van der Waals surface area contributed by atoms with Gasteiger partial charge in [0.15, 0.2) is 11.5 Å². The van der Waals surface area contributed by atoms with Crippen molar-refractivity contribution in [1.82, 2.24) is 5.32 Å². The van der Waals surface area contributed by atoms with Crippen molar-refractivity contribution in [2.45, 2.75) is 20.3 Å². The average Bonchev–Trinajstić information content (AvgIpc) is 2.40. The minimum Gasteiger partial charge on any atom is -0.493 e. The molecule has 0 radical (unpaired) electrons. The predicted octanol–water partition coefficient (Wildman–Crippen LogP) is 1.95. The van der Waals surface area contributed by atoms with Crippen molar-refractivity contribution in [3.05, 3.63) is 17.7 Å². The number of nitrogens with one attached hydrogen (secondary N) is 2. The molecule has 5 heteroatoms. The van der Waals surface area contributed by atoms with Crippen LogP contribution in [0.5, 0.6) is 11.5 Å². The molecule has 2 N–H and O–H groups in total. The Morgan fingerprint density at radius 3 is 2.42 bits per heavy atom. The summed E-state index contributed by atoms with van der Waals surface area (Å²) in [6.45, 7) is 5.47. The van der Waals surface area contributed by atoms with Gasteiger partial charge in [-0.15, -0.1) is 0 Å². The monoisotopic (exact) mass is 266 g/mol. The van der Waals surface area contributed by atoms with E-state index in [2.05, 4.69) is 10.6 Å². The molecule has 0 atom stereocenters. The standard InChI is InChI=1S/C14H22N2O3/c1-5-15-7-6-14(17)16-11-9-13(19-4)12(18-3)8-10(11)2/h8-9,15H,5-7H2,1-4H3,(H,16,17). The van der Waals surface area contributed by atoms with Crippen LogP contribution in [-0.4, -0.2) is 33.2 Å². The first-order chi connectivity index (χ1) is 9.12. The third kappa shape index (κ3) is 4.44. The molecule has 0 aromatic heterocycles. The molecule has 0 saturated heterocycles. The van der Waals surface area contributed by atoms with E-state index in [1.54, 1.807) is 20.3 Å². The molecule has 1 aromatic rings. The van der Waals surface area contributed by atoms with Gasteiger partial charge in [-0.05, 0) is 25.1 Å². The lowest BCUT2D eigenvalue weighted by atomic mass is 10.1. The molecule has 0 unspecified atom stereocenters. The zero-order valence-electron chi connectivity index (χ0n) is 12.0. The van der Waals surface area contributed by atoms with E-state index in [1.165, 1.54) is 0 Å². The smallest absolute Gasteiger partial charge is 0.225 e. The van der Waals surface area contributed by atoms with E-state index in [0.717, 1.165) is 17.8 Å². The van der Waals surface area contributed by atoms with Crippen molar-refractivity contribution < 1.29 is 14.3 Å². The molecule has 0 fully saturated rings. The van der Waals surface area contributed by atoms with Crippen molar-refractivity contribution in [2.24, 2.45) is 0 Å². The minimum absolute atomic E-state index is 0.0173. The van der Waals surface area contributed by atoms with E-state index in [1.807, 2.05) is 19.9 Å². The van der Waals surface area contributed by atoms with Gasteiger partial charge in [0.2, 0.25) is 5.91 Å². The zero-order chi connectivity index (χ0) is 14.3. The largest absolute Gasteiger partial charge is 0.493 e. The van der Waals surface area contributed by atoms with Crippen LogP contribution >= 0.6 is 0 Å². The summed E-state index contributed by atoms with van der Waals surface area (Å²) in [6, 6.07) is 3.62. The Labute approximate surface area is 114 Å². The number of methoxy groups -OCH3 is 2. The second kappa shape index (κ2) is 7.63. The third-order valence-electron chi connectivity index (χ3n) is 2.78. The molecule has 106 valence electrons. The Kier molecular flexibility index (Phi) is 6.15. The molecule has 0 heterocycles. The van der Waals surface area contributed by atoms with Gasteiger partial charge in [0.1, 0.15) is 0 Å². The number of hydrogen-bond acceptors (Lipinski definition) is 4. The van der Waals surface area contributed by atoms with Crippen molar-refractivity contribution in [1.29, 1.82) is 0 Å². The number of hydrogen-bond donors (Lipinski definition) is 2. The molecule has 1 aromatic carbocycles. The zero-order valence-corrected chi connectivity index (χ0v) is 12.0. The van der Waals surface area contributed by atoms with E-state index >= 15 is 0 Å². The number of amides is 1. The van der Waals surface area contributed by atoms with Gasteiger partial charge in [0, 0.05) is 24.7 Å². The second-order valence-corrected chi connectivity index (χ2v) is 4.17. The van der Waals surface area contributed by atoms with E-state index < -0.39 is 0 Å². The summed E-state index contributed by atoms with van der Waals surface area (Å²) >= 11 is 0. The Hall–Kier alpha value is -1.75. The number of ether oxygens (including phenoxy) is 2. The van der Waals surface area contributed by atoms with Crippen LogP contribution in [0, 0.1) is 6.92 Å². The highest BCUT2D eigenvalue weighted by Crippen LogP contribution is 2.32. The topological polar surface area (TPSA) is 59.6 Å². The number of benzene rings is 1. The normalized spacial score (nSPS) is 10.1. The van der Waals surface area contributed by atoms with Crippen molar-refractivity contribution in [2.75, 3.05) is 32.6 Å². The van der Waals surface area contributed by atoms with Gasteiger partial charge >= 0.3 is 0 Å². The Morgan fingerprint density at radius 1 is 1.21 bits per heavy atom. The van der Waals surface area contributed by atoms with Gasteiger partial charge in [0.05, 0.1) is 14.2 Å². The summed E-state index contributed by atoms with van der Waals surface area (Å²) < 4.78 is 10.4. The SMILES string of the molecule is CCNCCC(=O)Nc1cc(OC)c(OC)cc1C. The molecule has 0 saturated carbocycles. The highest BCUT2D eigenvalue weighted by molar-refractivity contribution is 5.92. The lowest BCUT2D eigenvalue weighted by molar-refractivity contribution is -0.116. The minimum atomic E-state index is -0.0173. The molecule has 1 amide bonds. The van der Waals surface area contributed by atoms with Crippen molar-refractivity contribution in [3.8, 4) is 11.5 Å². The first kappa shape index (κ1) is 15.3. The average molecular weight is 266 g/mol.